The molecule has 2 heterocycles. The van der Waals surface area contributed by atoms with E-state index in [2.05, 4.69) is 20.4 Å². The number of pyridine rings is 1. The normalized spacial score (nSPS) is 10.9. The van der Waals surface area contributed by atoms with Crippen molar-refractivity contribution in [3.63, 3.8) is 0 Å². The Morgan fingerprint density at radius 3 is 2.68 bits per heavy atom. The molecule has 2 aromatic heterocycles. The smallest absolute Gasteiger partial charge is 0.248 e. The SMILES string of the molecule is CNC(=O)Cc1nc(-c2ccc(=O)[nH]c2C(C)C)n(-c2ccccc2OC)n1. The van der Waals surface area contributed by atoms with Gasteiger partial charge in [0.25, 0.3) is 0 Å². The number of aromatic nitrogens is 4. The number of H-pyrrole nitrogens is 1. The number of carbonyl (C=O) groups excluding carboxylic acids is 1. The van der Waals surface area contributed by atoms with Crippen molar-refractivity contribution in [2.24, 2.45) is 0 Å². The molecule has 0 unspecified atom stereocenters. The van der Waals surface area contributed by atoms with Gasteiger partial charge in [-0.05, 0) is 24.1 Å². The summed E-state index contributed by atoms with van der Waals surface area (Å²) in [6, 6.07) is 10.6. The van der Waals surface area contributed by atoms with Gasteiger partial charge in [-0.1, -0.05) is 26.0 Å². The summed E-state index contributed by atoms with van der Waals surface area (Å²) in [5.74, 6) is 1.41. The van der Waals surface area contributed by atoms with Crippen LogP contribution in [0.15, 0.2) is 41.2 Å². The van der Waals surface area contributed by atoms with Crippen LogP contribution < -0.4 is 15.6 Å². The molecule has 0 aliphatic carbocycles. The lowest BCUT2D eigenvalue weighted by molar-refractivity contribution is -0.120. The average molecular weight is 381 g/mol. The number of hydrogen-bond acceptors (Lipinski definition) is 5. The highest BCUT2D eigenvalue weighted by molar-refractivity contribution is 5.77. The Hall–Kier alpha value is -3.42. The van der Waals surface area contributed by atoms with Gasteiger partial charge in [0.1, 0.15) is 11.4 Å². The van der Waals surface area contributed by atoms with E-state index in [1.165, 1.54) is 6.07 Å². The van der Waals surface area contributed by atoms with Gasteiger partial charge in [0.15, 0.2) is 11.6 Å². The molecule has 146 valence electrons. The fraction of sp³-hybridized carbons (Fsp3) is 0.300. The van der Waals surface area contributed by atoms with Crippen molar-refractivity contribution in [1.29, 1.82) is 0 Å². The molecule has 8 heteroatoms. The number of nitrogens with zero attached hydrogens (tertiary/aromatic N) is 3. The van der Waals surface area contributed by atoms with Crippen LogP contribution in [0.25, 0.3) is 17.1 Å². The second kappa shape index (κ2) is 8.08. The van der Waals surface area contributed by atoms with Crippen molar-refractivity contribution in [2.45, 2.75) is 26.2 Å². The van der Waals surface area contributed by atoms with Crippen LogP contribution in [-0.2, 0) is 11.2 Å². The Kier molecular flexibility index (Phi) is 5.58. The van der Waals surface area contributed by atoms with Crippen molar-refractivity contribution in [3.8, 4) is 22.8 Å². The minimum absolute atomic E-state index is 0.0476. The summed E-state index contributed by atoms with van der Waals surface area (Å²) in [4.78, 5) is 31.2. The van der Waals surface area contributed by atoms with E-state index in [9.17, 15) is 9.59 Å². The summed E-state index contributed by atoms with van der Waals surface area (Å²) in [5.41, 5.74) is 2.01. The molecule has 2 N–H and O–H groups in total. The van der Waals surface area contributed by atoms with Crippen molar-refractivity contribution < 1.29 is 9.53 Å². The van der Waals surface area contributed by atoms with E-state index in [0.717, 1.165) is 11.3 Å². The van der Waals surface area contributed by atoms with Gasteiger partial charge in [0.05, 0.1) is 13.5 Å². The quantitative estimate of drug-likeness (QED) is 0.680. The van der Waals surface area contributed by atoms with Crippen molar-refractivity contribution >= 4 is 5.91 Å². The third kappa shape index (κ3) is 3.80. The van der Waals surface area contributed by atoms with Crippen LogP contribution in [0.1, 0.15) is 31.3 Å². The third-order valence-electron chi connectivity index (χ3n) is 4.33. The van der Waals surface area contributed by atoms with Crippen LogP contribution in [-0.4, -0.2) is 39.8 Å². The second-order valence-electron chi connectivity index (χ2n) is 6.59. The molecule has 0 spiro atoms. The van der Waals surface area contributed by atoms with Crippen LogP contribution in [0.4, 0.5) is 0 Å². The minimum atomic E-state index is -0.186. The molecule has 0 saturated heterocycles. The van der Waals surface area contributed by atoms with Gasteiger partial charge in [-0.3, -0.25) is 9.59 Å². The van der Waals surface area contributed by atoms with E-state index < -0.39 is 0 Å². The van der Waals surface area contributed by atoms with E-state index in [0.29, 0.717) is 23.1 Å². The Morgan fingerprint density at radius 1 is 1.25 bits per heavy atom. The van der Waals surface area contributed by atoms with E-state index >= 15 is 0 Å². The predicted molar refractivity (Wildman–Crippen MR) is 106 cm³/mol. The highest BCUT2D eigenvalue weighted by atomic mass is 16.5. The molecule has 0 aliphatic rings. The van der Waals surface area contributed by atoms with E-state index in [1.807, 2.05) is 38.1 Å². The van der Waals surface area contributed by atoms with Crippen LogP contribution in [0, 0.1) is 0 Å². The molecule has 0 atom stereocenters. The molecule has 0 bridgehead atoms. The number of benzene rings is 1. The number of amides is 1. The molecule has 0 radical (unpaired) electrons. The van der Waals surface area contributed by atoms with Crippen molar-refractivity contribution in [1.82, 2.24) is 25.1 Å². The number of hydrogen-bond donors (Lipinski definition) is 2. The largest absolute Gasteiger partial charge is 0.494 e. The summed E-state index contributed by atoms with van der Waals surface area (Å²) < 4.78 is 7.12. The Balaban J connectivity index is 2.25. The van der Waals surface area contributed by atoms with Gasteiger partial charge < -0.3 is 15.0 Å². The van der Waals surface area contributed by atoms with E-state index in [-0.39, 0.29) is 23.8 Å². The van der Waals surface area contributed by atoms with Gasteiger partial charge in [-0.2, -0.15) is 5.10 Å². The first-order valence-corrected chi connectivity index (χ1v) is 8.98. The molecule has 0 fully saturated rings. The van der Waals surface area contributed by atoms with Crippen LogP contribution >= 0.6 is 0 Å². The molecular weight excluding hydrogens is 358 g/mol. The monoisotopic (exact) mass is 381 g/mol. The lowest BCUT2D eigenvalue weighted by atomic mass is 10.0. The molecule has 28 heavy (non-hydrogen) atoms. The number of rotatable bonds is 6. The summed E-state index contributed by atoms with van der Waals surface area (Å²) in [6.45, 7) is 3.98. The van der Waals surface area contributed by atoms with Crippen LogP contribution in [0.2, 0.25) is 0 Å². The number of carbonyl (C=O) groups is 1. The lowest BCUT2D eigenvalue weighted by Crippen LogP contribution is -2.20. The first-order chi connectivity index (χ1) is 13.4. The highest BCUT2D eigenvalue weighted by Gasteiger charge is 2.21. The summed E-state index contributed by atoms with van der Waals surface area (Å²) in [6.07, 6.45) is 0.0476. The maximum absolute atomic E-state index is 11.9. The fourth-order valence-corrected chi connectivity index (χ4v) is 2.95. The van der Waals surface area contributed by atoms with Gasteiger partial charge >= 0.3 is 0 Å². The van der Waals surface area contributed by atoms with Crippen LogP contribution in [0.5, 0.6) is 5.75 Å². The van der Waals surface area contributed by atoms with Gasteiger partial charge in [0.2, 0.25) is 11.5 Å². The molecule has 3 rings (SSSR count). The molecule has 1 aromatic carbocycles. The average Bonchev–Trinajstić information content (AvgIpc) is 3.10. The number of ether oxygens (including phenoxy) is 1. The number of likely N-dealkylation sites (N-methyl/N-ethyl adjacent to an activating group) is 1. The standard InChI is InChI=1S/C20H23N5O3/c1-12(2)19-13(9-10-17(26)23-19)20-22-16(11-18(27)21-3)24-25(20)14-7-5-6-8-15(14)28-4/h5-10,12H,11H2,1-4H3,(H,21,27)(H,23,26). The maximum Gasteiger partial charge on any atom is 0.248 e. The molecule has 0 aliphatic heterocycles. The first kappa shape index (κ1) is 19.3. The minimum Gasteiger partial charge on any atom is -0.494 e. The maximum atomic E-state index is 11.9. The van der Waals surface area contributed by atoms with E-state index in [1.54, 1.807) is 24.9 Å². The van der Waals surface area contributed by atoms with Gasteiger partial charge in [-0.15, -0.1) is 0 Å². The topological polar surface area (TPSA) is 102 Å². The molecule has 3 aromatic rings. The number of nitrogens with one attached hydrogen (secondary N) is 2. The summed E-state index contributed by atoms with van der Waals surface area (Å²) in [5, 5.41) is 7.13. The fourth-order valence-electron chi connectivity index (χ4n) is 2.95. The predicted octanol–water partition coefficient (Wildman–Crippen LogP) is 2.04. The molecule has 1 amide bonds. The molecule has 0 saturated carbocycles. The van der Waals surface area contributed by atoms with E-state index in [4.69, 9.17) is 4.74 Å². The Morgan fingerprint density at radius 2 is 2.00 bits per heavy atom. The Labute approximate surface area is 162 Å². The molecule has 8 nitrogen and oxygen atoms in total. The Bertz CT molecular complexity index is 1050. The second-order valence-corrected chi connectivity index (χ2v) is 6.59. The van der Waals surface area contributed by atoms with Crippen molar-refractivity contribution in [3.05, 3.63) is 58.3 Å². The van der Waals surface area contributed by atoms with Crippen LogP contribution in [0.3, 0.4) is 0 Å². The zero-order chi connectivity index (χ0) is 20.3. The zero-order valence-corrected chi connectivity index (χ0v) is 16.3. The highest BCUT2D eigenvalue weighted by Crippen LogP contribution is 2.30. The van der Waals surface area contributed by atoms with Gasteiger partial charge in [-0.25, -0.2) is 9.67 Å². The third-order valence-corrected chi connectivity index (χ3v) is 4.33. The van der Waals surface area contributed by atoms with Gasteiger partial charge in [0, 0.05) is 24.4 Å². The number of para-hydroxylation sites is 2. The lowest BCUT2D eigenvalue weighted by Gasteiger charge is -2.14. The number of aromatic amines is 1. The number of methoxy groups -OCH3 is 1. The molecular formula is C20H23N5O3. The van der Waals surface area contributed by atoms with Crippen molar-refractivity contribution in [2.75, 3.05) is 14.2 Å². The zero-order valence-electron chi connectivity index (χ0n) is 16.3. The summed E-state index contributed by atoms with van der Waals surface area (Å²) in [7, 11) is 3.15. The summed E-state index contributed by atoms with van der Waals surface area (Å²) >= 11 is 0. The first-order valence-electron chi connectivity index (χ1n) is 8.98.